The summed E-state index contributed by atoms with van der Waals surface area (Å²) in [7, 11) is 0. The number of halogens is 1. The zero-order chi connectivity index (χ0) is 24.6. The number of aromatic hydroxyl groups is 1. The maximum absolute atomic E-state index is 10.5. The molecule has 0 atom stereocenters. The molecular formula is C26H37BrO6. The van der Waals surface area contributed by atoms with E-state index in [1.54, 1.807) is 30.3 Å². The molecule has 0 aliphatic carbocycles. The largest absolute Gasteiger partial charge is 0.508 e. The van der Waals surface area contributed by atoms with E-state index in [0.717, 1.165) is 44.3 Å². The standard InChI is InChI=1S/C13H18O3.C7H6O2.C6H13BrO/c1-2-3-7-15-8-9-16-13-6-4-5-12(10-13)11-14;8-5-6-2-1-3-7(9)4-6;1-2-3-5-8-6-4-7/h4-6,10-11H,2-3,7-9H2,1H3;1-5,9H;2-6H2,1H3. The van der Waals surface area contributed by atoms with E-state index in [0.29, 0.717) is 36.4 Å². The molecule has 33 heavy (non-hydrogen) atoms. The zero-order valence-corrected chi connectivity index (χ0v) is 21.3. The fourth-order valence-corrected chi connectivity index (χ4v) is 2.47. The van der Waals surface area contributed by atoms with Crippen LogP contribution in [-0.2, 0) is 9.47 Å². The first-order valence-electron chi connectivity index (χ1n) is 11.2. The predicted molar refractivity (Wildman–Crippen MR) is 136 cm³/mol. The Kier molecular flexibility index (Phi) is 21.4. The number of ether oxygens (including phenoxy) is 3. The van der Waals surface area contributed by atoms with Crippen molar-refractivity contribution in [1.29, 1.82) is 0 Å². The molecule has 1 N–H and O–H groups in total. The second kappa shape index (κ2) is 23.0. The van der Waals surface area contributed by atoms with E-state index in [2.05, 4.69) is 29.8 Å². The average Bonchev–Trinajstić information content (AvgIpc) is 2.85. The van der Waals surface area contributed by atoms with Crippen LogP contribution in [0.1, 0.15) is 60.2 Å². The van der Waals surface area contributed by atoms with E-state index < -0.39 is 0 Å². The van der Waals surface area contributed by atoms with Gasteiger partial charge in [0.05, 0.1) is 13.2 Å². The van der Waals surface area contributed by atoms with Gasteiger partial charge in [0.2, 0.25) is 0 Å². The Labute approximate surface area is 206 Å². The van der Waals surface area contributed by atoms with Crippen molar-refractivity contribution < 1.29 is 28.9 Å². The van der Waals surface area contributed by atoms with Crippen molar-refractivity contribution >= 4 is 28.5 Å². The molecule has 0 unspecified atom stereocenters. The first-order valence-corrected chi connectivity index (χ1v) is 12.4. The molecule has 2 aromatic carbocycles. The third kappa shape index (κ3) is 19.0. The normalized spacial score (nSPS) is 9.67. The molecule has 2 aromatic rings. The molecule has 0 fully saturated rings. The van der Waals surface area contributed by atoms with E-state index >= 15 is 0 Å². The maximum atomic E-state index is 10.5. The van der Waals surface area contributed by atoms with Crippen LogP contribution in [0.4, 0.5) is 0 Å². The molecule has 0 saturated heterocycles. The van der Waals surface area contributed by atoms with Gasteiger partial charge in [0.1, 0.15) is 30.7 Å². The molecular weight excluding hydrogens is 488 g/mol. The van der Waals surface area contributed by atoms with Crippen LogP contribution in [0, 0.1) is 0 Å². The van der Waals surface area contributed by atoms with E-state index in [9.17, 15) is 9.59 Å². The molecule has 7 heteroatoms. The number of hydrogen-bond donors (Lipinski definition) is 1. The molecule has 0 heterocycles. The van der Waals surface area contributed by atoms with Crippen molar-refractivity contribution in [3.05, 3.63) is 59.7 Å². The summed E-state index contributed by atoms with van der Waals surface area (Å²) < 4.78 is 16.0. The van der Waals surface area contributed by atoms with E-state index in [1.165, 1.54) is 25.0 Å². The van der Waals surface area contributed by atoms with Gasteiger partial charge in [-0.25, -0.2) is 0 Å². The lowest BCUT2D eigenvalue weighted by Gasteiger charge is -2.07. The van der Waals surface area contributed by atoms with Gasteiger partial charge in [-0.05, 0) is 37.1 Å². The third-order valence-electron chi connectivity index (χ3n) is 4.00. The topological polar surface area (TPSA) is 82.1 Å². The molecule has 0 aliphatic rings. The van der Waals surface area contributed by atoms with Crippen LogP contribution in [0.2, 0.25) is 0 Å². The lowest BCUT2D eigenvalue weighted by molar-refractivity contribution is 0.0980. The number of phenols is 1. The Bertz CT molecular complexity index is 732. The molecule has 0 aliphatic heterocycles. The molecule has 0 bridgehead atoms. The molecule has 2 rings (SSSR count). The van der Waals surface area contributed by atoms with Crippen LogP contribution in [0.5, 0.6) is 11.5 Å². The third-order valence-corrected chi connectivity index (χ3v) is 4.33. The summed E-state index contributed by atoms with van der Waals surface area (Å²) in [5.41, 5.74) is 1.12. The Morgan fingerprint density at radius 1 is 0.788 bits per heavy atom. The van der Waals surface area contributed by atoms with Crippen LogP contribution >= 0.6 is 15.9 Å². The number of phenolic OH excluding ortho intramolecular Hbond substituents is 1. The first kappa shape index (κ1) is 30.8. The number of aldehydes is 2. The van der Waals surface area contributed by atoms with Crippen molar-refractivity contribution in [2.75, 3.05) is 38.4 Å². The number of alkyl halides is 1. The molecule has 0 amide bonds. The van der Waals surface area contributed by atoms with Crippen molar-refractivity contribution in [2.24, 2.45) is 0 Å². The smallest absolute Gasteiger partial charge is 0.150 e. The summed E-state index contributed by atoms with van der Waals surface area (Å²) >= 11 is 3.28. The lowest BCUT2D eigenvalue weighted by atomic mass is 10.2. The van der Waals surface area contributed by atoms with Crippen molar-refractivity contribution in [1.82, 2.24) is 0 Å². The SMILES string of the molecule is CCCCOCCBr.CCCCOCCOc1cccc(C=O)c1.O=Cc1cccc(O)c1. The minimum absolute atomic E-state index is 0.125. The number of benzene rings is 2. The van der Waals surface area contributed by atoms with Crippen molar-refractivity contribution in [3.63, 3.8) is 0 Å². The second-order valence-electron chi connectivity index (χ2n) is 6.87. The molecule has 0 spiro atoms. The molecule has 0 radical (unpaired) electrons. The summed E-state index contributed by atoms with van der Waals surface area (Å²) in [6, 6.07) is 13.3. The highest BCUT2D eigenvalue weighted by molar-refractivity contribution is 9.09. The summed E-state index contributed by atoms with van der Waals surface area (Å²) in [5.74, 6) is 0.836. The van der Waals surface area contributed by atoms with Crippen molar-refractivity contribution in [3.8, 4) is 11.5 Å². The monoisotopic (exact) mass is 524 g/mol. The highest BCUT2D eigenvalue weighted by Gasteiger charge is 1.96. The Balaban J connectivity index is 0.000000511. The minimum Gasteiger partial charge on any atom is -0.508 e. The summed E-state index contributed by atoms with van der Waals surface area (Å²) in [5, 5.41) is 9.74. The Morgan fingerprint density at radius 2 is 1.36 bits per heavy atom. The van der Waals surface area contributed by atoms with E-state index in [4.69, 9.17) is 19.3 Å². The minimum atomic E-state index is 0.125. The van der Waals surface area contributed by atoms with Gasteiger partial charge in [-0.1, -0.05) is 66.9 Å². The number of rotatable bonds is 14. The van der Waals surface area contributed by atoms with Gasteiger partial charge in [0.15, 0.2) is 0 Å². The average molecular weight is 525 g/mol. The van der Waals surface area contributed by atoms with Crippen LogP contribution in [0.15, 0.2) is 48.5 Å². The van der Waals surface area contributed by atoms with E-state index in [-0.39, 0.29) is 5.75 Å². The van der Waals surface area contributed by atoms with Gasteiger partial charge in [-0.3, -0.25) is 9.59 Å². The number of carbonyl (C=O) groups excluding carboxylic acids is 2. The van der Waals surface area contributed by atoms with Gasteiger partial charge < -0.3 is 19.3 Å². The van der Waals surface area contributed by atoms with Crippen LogP contribution < -0.4 is 4.74 Å². The Morgan fingerprint density at radius 3 is 1.88 bits per heavy atom. The second-order valence-corrected chi connectivity index (χ2v) is 7.67. The zero-order valence-electron chi connectivity index (χ0n) is 19.7. The molecule has 6 nitrogen and oxygen atoms in total. The van der Waals surface area contributed by atoms with Crippen LogP contribution in [0.3, 0.4) is 0 Å². The summed E-state index contributed by atoms with van der Waals surface area (Å²) in [6.45, 7) is 7.95. The van der Waals surface area contributed by atoms with Crippen molar-refractivity contribution in [2.45, 2.75) is 39.5 Å². The summed E-state index contributed by atoms with van der Waals surface area (Å²) in [6.07, 6.45) is 6.14. The predicted octanol–water partition coefficient (Wildman–Crippen LogP) is 6.10. The fraction of sp³-hybridized carbons (Fsp3) is 0.462. The highest BCUT2D eigenvalue weighted by Crippen LogP contribution is 2.11. The quantitative estimate of drug-likeness (QED) is 0.182. The van der Waals surface area contributed by atoms with Gasteiger partial charge in [-0.15, -0.1) is 0 Å². The number of carbonyl (C=O) groups is 2. The van der Waals surface area contributed by atoms with Gasteiger partial charge in [0.25, 0.3) is 0 Å². The maximum Gasteiger partial charge on any atom is 0.150 e. The highest BCUT2D eigenvalue weighted by atomic mass is 79.9. The number of hydrogen-bond acceptors (Lipinski definition) is 6. The van der Waals surface area contributed by atoms with Gasteiger partial charge in [-0.2, -0.15) is 0 Å². The van der Waals surface area contributed by atoms with Gasteiger partial charge in [0, 0.05) is 29.7 Å². The van der Waals surface area contributed by atoms with Gasteiger partial charge >= 0.3 is 0 Å². The lowest BCUT2D eigenvalue weighted by Crippen LogP contribution is -2.07. The fourth-order valence-electron chi connectivity index (χ4n) is 2.25. The van der Waals surface area contributed by atoms with Crippen LogP contribution in [0.25, 0.3) is 0 Å². The summed E-state index contributed by atoms with van der Waals surface area (Å²) in [4.78, 5) is 20.6. The van der Waals surface area contributed by atoms with E-state index in [1.807, 2.05) is 6.07 Å². The number of unbranched alkanes of at least 4 members (excludes halogenated alkanes) is 2. The Hall–Kier alpha value is -2.22. The molecule has 0 saturated carbocycles. The molecule has 0 aromatic heterocycles. The van der Waals surface area contributed by atoms with Crippen LogP contribution in [-0.4, -0.2) is 56.0 Å². The first-order chi connectivity index (χ1) is 16.1. The molecule has 184 valence electrons.